The maximum atomic E-state index is 12.8. The molecule has 0 amide bonds. The van der Waals surface area contributed by atoms with Crippen molar-refractivity contribution in [3.05, 3.63) is 59.1 Å². The normalized spacial score (nSPS) is 10.1. The van der Waals surface area contributed by atoms with Crippen LogP contribution in [0.25, 0.3) is 0 Å². The van der Waals surface area contributed by atoms with Crippen molar-refractivity contribution in [2.75, 3.05) is 5.32 Å². The molecule has 0 aliphatic rings. The van der Waals surface area contributed by atoms with Crippen LogP contribution in [0.15, 0.2) is 42.6 Å². The van der Waals surface area contributed by atoms with Crippen LogP contribution in [0.2, 0.25) is 5.02 Å². The highest BCUT2D eigenvalue weighted by Gasteiger charge is 2.01. The number of anilines is 1. The zero-order valence-electron chi connectivity index (χ0n) is 8.45. The Labute approximate surface area is 98.1 Å². The fraction of sp³-hybridized carbons (Fsp3) is 0.0833. The van der Waals surface area contributed by atoms with Crippen molar-refractivity contribution in [1.82, 2.24) is 4.98 Å². The number of nitrogens with zero attached hydrogens (tertiary/aromatic N) is 1. The topological polar surface area (TPSA) is 24.9 Å². The van der Waals surface area contributed by atoms with Crippen molar-refractivity contribution in [1.29, 1.82) is 0 Å². The lowest BCUT2D eigenvalue weighted by molar-refractivity contribution is 0.628. The molecule has 1 N–H and O–H groups in total. The lowest BCUT2D eigenvalue weighted by Crippen LogP contribution is -2.01. The van der Waals surface area contributed by atoms with E-state index in [1.54, 1.807) is 12.3 Å². The van der Waals surface area contributed by atoms with Crippen molar-refractivity contribution in [3.8, 4) is 0 Å². The third-order valence-corrected chi connectivity index (χ3v) is 2.43. The molecular weight excluding hydrogens is 227 g/mol. The SMILES string of the molecule is Fc1ccc(NCc2ccccn2)c(Cl)c1. The quantitative estimate of drug-likeness (QED) is 0.883. The van der Waals surface area contributed by atoms with Gasteiger partial charge in [0.15, 0.2) is 0 Å². The molecule has 0 aliphatic heterocycles. The second kappa shape index (κ2) is 4.94. The highest BCUT2D eigenvalue weighted by molar-refractivity contribution is 6.33. The van der Waals surface area contributed by atoms with Crippen molar-refractivity contribution in [2.45, 2.75) is 6.54 Å². The van der Waals surface area contributed by atoms with Gasteiger partial charge in [0.05, 0.1) is 22.9 Å². The average molecular weight is 237 g/mol. The molecule has 2 aromatic rings. The van der Waals surface area contributed by atoms with E-state index in [2.05, 4.69) is 10.3 Å². The summed E-state index contributed by atoms with van der Waals surface area (Å²) in [6, 6.07) is 9.94. The van der Waals surface area contributed by atoms with E-state index in [0.717, 1.165) is 5.69 Å². The maximum absolute atomic E-state index is 12.8. The first kappa shape index (κ1) is 10.9. The van der Waals surface area contributed by atoms with Gasteiger partial charge in [-0.2, -0.15) is 0 Å². The predicted octanol–water partition coefficient (Wildman–Crippen LogP) is 3.49. The Kier molecular flexibility index (Phi) is 3.37. The molecule has 1 aromatic heterocycles. The van der Waals surface area contributed by atoms with Gasteiger partial charge in [0.2, 0.25) is 0 Å². The number of benzene rings is 1. The minimum atomic E-state index is -0.339. The summed E-state index contributed by atoms with van der Waals surface area (Å²) in [5, 5.41) is 3.47. The Balaban J connectivity index is 2.05. The van der Waals surface area contributed by atoms with E-state index in [1.165, 1.54) is 12.1 Å². The van der Waals surface area contributed by atoms with Gasteiger partial charge in [0, 0.05) is 6.20 Å². The third-order valence-electron chi connectivity index (χ3n) is 2.12. The number of nitrogens with one attached hydrogen (secondary N) is 1. The van der Waals surface area contributed by atoms with E-state index >= 15 is 0 Å². The zero-order chi connectivity index (χ0) is 11.4. The van der Waals surface area contributed by atoms with Crippen LogP contribution in [0.3, 0.4) is 0 Å². The standard InChI is InChI=1S/C12H10ClFN2/c13-11-7-9(14)4-5-12(11)16-8-10-3-1-2-6-15-10/h1-7,16H,8H2. The number of hydrogen-bond acceptors (Lipinski definition) is 2. The summed E-state index contributed by atoms with van der Waals surface area (Å²) in [6.07, 6.45) is 1.73. The molecule has 0 saturated carbocycles. The largest absolute Gasteiger partial charge is 0.378 e. The van der Waals surface area contributed by atoms with E-state index in [0.29, 0.717) is 17.3 Å². The fourth-order valence-corrected chi connectivity index (χ4v) is 1.56. The molecule has 0 bridgehead atoms. The van der Waals surface area contributed by atoms with Crippen LogP contribution in [-0.4, -0.2) is 4.98 Å². The number of halogens is 2. The van der Waals surface area contributed by atoms with Crippen molar-refractivity contribution in [2.24, 2.45) is 0 Å². The molecule has 0 atom stereocenters. The minimum Gasteiger partial charge on any atom is -0.378 e. The molecule has 16 heavy (non-hydrogen) atoms. The van der Waals surface area contributed by atoms with E-state index < -0.39 is 0 Å². The first-order valence-corrected chi connectivity index (χ1v) is 5.22. The number of aromatic nitrogens is 1. The van der Waals surface area contributed by atoms with Gasteiger partial charge in [-0.25, -0.2) is 4.39 Å². The number of rotatable bonds is 3. The monoisotopic (exact) mass is 236 g/mol. The average Bonchev–Trinajstić information content (AvgIpc) is 2.29. The Morgan fingerprint density at radius 2 is 2.12 bits per heavy atom. The Hall–Kier alpha value is -1.61. The molecule has 0 radical (unpaired) electrons. The second-order valence-electron chi connectivity index (χ2n) is 3.30. The van der Waals surface area contributed by atoms with Gasteiger partial charge in [-0.1, -0.05) is 17.7 Å². The number of pyridine rings is 1. The molecule has 1 aromatic carbocycles. The molecule has 0 unspecified atom stereocenters. The van der Waals surface area contributed by atoms with Gasteiger partial charge in [0.1, 0.15) is 5.82 Å². The minimum absolute atomic E-state index is 0.339. The zero-order valence-corrected chi connectivity index (χ0v) is 9.21. The first-order valence-electron chi connectivity index (χ1n) is 4.84. The van der Waals surface area contributed by atoms with Crippen molar-refractivity contribution >= 4 is 17.3 Å². The van der Waals surface area contributed by atoms with Gasteiger partial charge < -0.3 is 5.32 Å². The Morgan fingerprint density at radius 1 is 1.25 bits per heavy atom. The summed E-state index contributed by atoms with van der Waals surface area (Å²) in [7, 11) is 0. The van der Waals surface area contributed by atoms with Gasteiger partial charge in [-0.3, -0.25) is 4.98 Å². The summed E-state index contributed by atoms with van der Waals surface area (Å²) in [4.78, 5) is 4.16. The molecule has 2 nitrogen and oxygen atoms in total. The molecule has 1 heterocycles. The van der Waals surface area contributed by atoms with Crippen LogP contribution in [0.4, 0.5) is 10.1 Å². The first-order chi connectivity index (χ1) is 7.75. The summed E-state index contributed by atoms with van der Waals surface area (Å²) in [6.45, 7) is 0.562. The summed E-state index contributed by atoms with van der Waals surface area (Å²) in [5.41, 5.74) is 1.61. The van der Waals surface area contributed by atoms with E-state index in [9.17, 15) is 4.39 Å². The Morgan fingerprint density at radius 3 is 2.81 bits per heavy atom. The van der Waals surface area contributed by atoms with Gasteiger partial charge in [0.25, 0.3) is 0 Å². The van der Waals surface area contributed by atoms with Crippen LogP contribution >= 0.6 is 11.6 Å². The van der Waals surface area contributed by atoms with Crippen LogP contribution in [0.1, 0.15) is 5.69 Å². The highest BCUT2D eigenvalue weighted by atomic mass is 35.5. The molecule has 0 spiro atoms. The van der Waals surface area contributed by atoms with Gasteiger partial charge in [-0.05, 0) is 30.3 Å². The molecule has 0 aliphatic carbocycles. The molecule has 0 fully saturated rings. The van der Waals surface area contributed by atoms with Crippen LogP contribution in [0, 0.1) is 5.82 Å². The third kappa shape index (κ3) is 2.70. The van der Waals surface area contributed by atoms with E-state index in [-0.39, 0.29) is 5.82 Å². The summed E-state index contributed by atoms with van der Waals surface area (Å²) >= 11 is 5.87. The van der Waals surface area contributed by atoms with E-state index in [4.69, 9.17) is 11.6 Å². The van der Waals surface area contributed by atoms with Gasteiger partial charge >= 0.3 is 0 Å². The summed E-state index contributed by atoms with van der Waals surface area (Å²) in [5.74, 6) is -0.339. The highest BCUT2D eigenvalue weighted by Crippen LogP contribution is 2.22. The summed E-state index contributed by atoms with van der Waals surface area (Å²) < 4.78 is 12.8. The lowest BCUT2D eigenvalue weighted by atomic mass is 10.3. The fourth-order valence-electron chi connectivity index (χ4n) is 1.32. The molecule has 4 heteroatoms. The van der Waals surface area contributed by atoms with Crippen molar-refractivity contribution < 1.29 is 4.39 Å². The Bertz CT molecular complexity index is 474. The maximum Gasteiger partial charge on any atom is 0.124 e. The smallest absolute Gasteiger partial charge is 0.124 e. The molecule has 82 valence electrons. The van der Waals surface area contributed by atoms with Crippen LogP contribution in [-0.2, 0) is 6.54 Å². The second-order valence-corrected chi connectivity index (χ2v) is 3.71. The number of hydrogen-bond donors (Lipinski definition) is 1. The predicted molar refractivity (Wildman–Crippen MR) is 63.0 cm³/mol. The van der Waals surface area contributed by atoms with Crippen LogP contribution < -0.4 is 5.32 Å². The molecular formula is C12H10ClFN2. The lowest BCUT2D eigenvalue weighted by Gasteiger charge is -2.07. The van der Waals surface area contributed by atoms with Crippen molar-refractivity contribution in [3.63, 3.8) is 0 Å². The molecule has 2 rings (SSSR count). The van der Waals surface area contributed by atoms with Gasteiger partial charge in [-0.15, -0.1) is 0 Å². The van der Waals surface area contributed by atoms with Crippen LogP contribution in [0.5, 0.6) is 0 Å². The molecule has 0 saturated heterocycles. The van der Waals surface area contributed by atoms with E-state index in [1.807, 2.05) is 18.2 Å².